The number of hydrogen-bond acceptors (Lipinski definition) is 7. The van der Waals surface area contributed by atoms with Crippen molar-refractivity contribution in [3.8, 4) is 0 Å². The first kappa shape index (κ1) is 21.7. The number of carbonyl (C=O) groups excluding carboxylic acids is 3. The fraction of sp³-hybridized carbons (Fsp3) is 0.227. The number of non-ortho nitro benzene ring substituents is 1. The number of amides is 1. The van der Waals surface area contributed by atoms with Crippen LogP contribution in [-0.4, -0.2) is 33.8 Å². The summed E-state index contributed by atoms with van der Waals surface area (Å²) in [5.74, 6) is -1.86. The van der Waals surface area contributed by atoms with Crippen LogP contribution in [0.25, 0.3) is 0 Å². The summed E-state index contributed by atoms with van der Waals surface area (Å²) in [5, 5.41) is 10.7. The zero-order chi connectivity index (χ0) is 22.5. The van der Waals surface area contributed by atoms with Crippen LogP contribution in [-0.2, 0) is 30.5 Å². The zero-order valence-corrected chi connectivity index (χ0v) is 16.9. The molecular weight excluding hydrogens is 404 g/mol. The van der Waals surface area contributed by atoms with Crippen molar-refractivity contribution in [3.63, 3.8) is 0 Å². The lowest BCUT2D eigenvalue weighted by molar-refractivity contribution is -0.384. The summed E-state index contributed by atoms with van der Waals surface area (Å²) in [5.41, 5.74) is 1.21. The maximum absolute atomic E-state index is 12.7. The van der Waals surface area contributed by atoms with Gasteiger partial charge in [0.25, 0.3) is 11.6 Å². The van der Waals surface area contributed by atoms with Gasteiger partial charge in [-0.2, -0.15) is 0 Å². The fourth-order valence-electron chi connectivity index (χ4n) is 3.29. The molecule has 2 aromatic carbocycles. The van der Waals surface area contributed by atoms with Gasteiger partial charge in [0.15, 0.2) is 0 Å². The van der Waals surface area contributed by atoms with Crippen LogP contribution in [0.5, 0.6) is 0 Å². The highest BCUT2D eigenvalue weighted by Crippen LogP contribution is 2.40. The Morgan fingerprint density at radius 1 is 1.13 bits per heavy atom. The van der Waals surface area contributed by atoms with Gasteiger partial charge < -0.3 is 9.47 Å². The number of esters is 2. The first-order valence-corrected chi connectivity index (χ1v) is 9.45. The lowest BCUT2D eigenvalue weighted by atomic mass is 9.89. The Balaban J connectivity index is 1.76. The molecule has 9 nitrogen and oxygen atoms in total. The van der Waals surface area contributed by atoms with Crippen molar-refractivity contribution in [1.29, 1.82) is 0 Å². The average Bonchev–Trinajstić information content (AvgIpc) is 2.77. The van der Waals surface area contributed by atoms with Gasteiger partial charge in [-0.3, -0.25) is 24.6 Å². The molecule has 0 bridgehead atoms. The van der Waals surface area contributed by atoms with Crippen LogP contribution in [0.4, 0.5) is 5.69 Å². The number of allylic oxidation sites excluding steroid dienone is 1. The number of hydrogen-bond donors (Lipinski definition) is 0. The van der Waals surface area contributed by atoms with Gasteiger partial charge in [0.1, 0.15) is 18.3 Å². The molecule has 31 heavy (non-hydrogen) atoms. The second-order valence-corrected chi connectivity index (χ2v) is 6.77. The molecule has 1 heterocycles. The number of β-lactam (4-membered cyclic amide) rings is 1. The lowest BCUT2D eigenvalue weighted by Gasteiger charge is -2.46. The molecule has 1 aliphatic rings. The number of nitrogens with zero attached hydrogens (tertiary/aromatic N) is 2. The Morgan fingerprint density at radius 2 is 1.77 bits per heavy atom. The van der Waals surface area contributed by atoms with Crippen LogP contribution in [0, 0.1) is 10.1 Å². The first-order chi connectivity index (χ1) is 14.8. The highest BCUT2D eigenvalue weighted by molar-refractivity contribution is 6.00. The molecule has 9 heteroatoms. The lowest BCUT2D eigenvalue weighted by Crippen LogP contribution is -2.60. The molecule has 0 saturated carbocycles. The van der Waals surface area contributed by atoms with Crippen molar-refractivity contribution in [1.82, 2.24) is 4.90 Å². The third-order valence-electron chi connectivity index (χ3n) is 4.74. The SMILES string of the molecule is CC=C(C(=O)OCc1ccc([N+](=O)[O-])cc1)N1C(=O)[C@H](OC(C)=O)[C@@H]1c1ccccc1. The van der Waals surface area contributed by atoms with Crippen molar-refractivity contribution < 1.29 is 28.8 Å². The van der Waals surface area contributed by atoms with Gasteiger partial charge in [0.2, 0.25) is 6.10 Å². The molecule has 1 saturated heterocycles. The third-order valence-corrected chi connectivity index (χ3v) is 4.74. The number of carbonyl (C=O) groups is 3. The molecule has 160 valence electrons. The summed E-state index contributed by atoms with van der Waals surface area (Å²) in [6, 6.07) is 13.9. The van der Waals surface area contributed by atoms with E-state index in [0.29, 0.717) is 11.1 Å². The van der Waals surface area contributed by atoms with E-state index in [1.807, 2.05) is 6.07 Å². The summed E-state index contributed by atoms with van der Waals surface area (Å²) < 4.78 is 10.5. The summed E-state index contributed by atoms with van der Waals surface area (Å²) in [6.45, 7) is 2.68. The third kappa shape index (κ3) is 4.61. The predicted molar refractivity (Wildman–Crippen MR) is 108 cm³/mol. The minimum absolute atomic E-state index is 0.0177. The average molecular weight is 424 g/mol. The molecule has 2 aromatic rings. The van der Waals surface area contributed by atoms with E-state index in [-0.39, 0.29) is 18.0 Å². The summed E-state index contributed by atoms with van der Waals surface area (Å²) in [4.78, 5) is 48.3. The number of benzene rings is 2. The van der Waals surface area contributed by atoms with E-state index in [1.165, 1.54) is 42.2 Å². The van der Waals surface area contributed by atoms with Gasteiger partial charge in [-0.1, -0.05) is 36.4 Å². The first-order valence-electron chi connectivity index (χ1n) is 9.45. The maximum atomic E-state index is 12.7. The van der Waals surface area contributed by atoms with Crippen LogP contribution in [0.3, 0.4) is 0 Å². The van der Waals surface area contributed by atoms with Gasteiger partial charge in [-0.25, -0.2) is 4.79 Å². The Labute approximate surface area is 178 Å². The highest BCUT2D eigenvalue weighted by Gasteiger charge is 2.53. The number of likely N-dealkylation sites (tertiary alicyclic amines) is 1. The van der Waals surface area contributed by atoms with E-state index < -0.39 is 34.9 Å². The molecule has 1 aliphatic heterocycles. The predicted octanol–water partition coefficient (Wildman–Crippen LogP) is 3.06. The summed E-state index contributed by atoms with van der Waals surface area (Å²) >= 11 is 0. The zero-order valence-electron chi connectivity index (χ0n) is 16.9. The van der Waals surface area contributed by atoms with Crippen molar-refractivity contribution >= 4 is 23.5 Å². The molecule has 0 N–H and O–H groups in total. The van der Waals surface area contributed by atoms with E-state index in [1.54, 1.807) is 31.2 Å². The second kappa shape index (κ2) is 9.21. The van der Waals surface area contributed by atoms with Gasteiger partial charge >= 0.3 is 11.9 Å². The minimum atomic E-state index is -1.03. The summed E-state index contributed by atoms with van der Waals surface area (Å²) in [7, 11) is 0. The fourth-order valence-corrected chi connectivity index (χ4v) is 3.29. The molecule has 0 unspecified atom stereocenters. The van der Waals surface area contributed by atoms with Crippen LogP contribution < -0.4 is 0 Å². The molecule has 0 aromatic heterocycles. The quantitative estimate of drug-likeness (QED) is 0.220. The highest BCUT2D eigenvalue weighted by atomic mass is 16.6. The number of nitro benzene ring substituents is 1. The molecular formula is C22H20N2O7. The standard InChI is InChI=1S/C22H20N2O7/c1-3-18(22(27)30-13-15-9-11-17(12-10-15)24(28)29)23-19(16-7-5-4-6-8-16)20(21(23)26)31-14(2)25/h3-12,19-20H,13H2,1-2H3/t19-,20+/m0/s1. The Morgan fingerprint density at radius 3 is 2.32 bits per heavy atom. The van der Waals surface area contributed by atoms with Crippen molar-refractivity contribution in [3.05, 3.63) is 87.6 Å². The Bertz CT molecular complexity index is 1030. The van der Waals surface area contributed by atoms with E-state index in [9.17, 15) is 24.5 Å². The van der Waals surface area contributed by atoms with E-state index in [2.05, 4.69) is 0 Å². The molecule has 2 atom stereocenters. The van der Waals surface area contributed by atoms with Crippen molar-refractivity contribution in [2.45, 2.75) is 32.6 Å². The molecule has 0 radical (unpaired) electrons. The van der Waals surface area contributed by atoms with Crippen molar-refractivity contribution in [2.24, 2.45) is 0 Å². The second-order valence-electron chi connectivity index (χ2n) is 6.77. The van der Waals surface area contributed by atoms with Crippen molar-refractivity contribution in [2.75, 3.05) is 0 Å². The number of nitro groups is 1. The molecule has 3 rings (SSSR count). The maximum Gasteiger partial charge on any atom is 0.355 e. The van der Waals surface area contributed by atoms with Gasteiger partial charge in [0, 0.05) is 19.1 Å². The van der Waals surface area contributed by atoms with Crippen LogP contribution in [0.1, 0.15) is 31.0 Å². The molecule has 0 aliphatic carbocycles. The van der Waals surface area contributed by atoms with E-state index in [4.69, 9.17) is 9.47 Å². The van der Waals surface area contributed by atoms with Gasteiger partial charge in [0.05, 0.1) is 4.92 Å². The molecule has 0 spiro atoms. The summed E-state index contributed by atoms with van der Waals surface area (Å²) in [6.07, 6.45) is 0.424. The normalized spacial score (nSPS) is 18.2. The minimum Gasteiger partial charge on any atom is -0.456 e. The van der Waals surface area contributed by atoms with E-state index >= 15 is 0 Å². The van der Waals surface area contributed by atoms with Gasteiger partial charge in [-0.05, 0) is 30.2 Å². The van der Waals surface area contributed by atoms with E-state index in [0.717, 1.165) is 0 Å². The topological polar surface area (TPSA) is 116 Å². The van der Waals surface area contributed by atoms with Crippen LogP contribution >= 0.6 is 0 Å². The number of ether oxygens (including phenoxy) is 2. The largest absolute Gasteiger partial charge is 0.456 e. The Hall–Kier alpha value is -4.01. The van der Waals surface area contributed by atoms with Gasteiger partial charge in [-0.15, -0.1) is 0 Å². The van der Waals surface area contributed by atoms with Crippen LogP contribution in [0.2, 0.25) is 0 Å². The number of rotatable bonds is 7. The molecule has 1 amide bonds. The smallest absolute Gasteiger partial charge is 0.355 e. The monoisotopic (exact) mass is 424 g/mol. The van der Waals surface area contributed by atoms with Crippen LogP contribution in [0.15, 0.2) is 66.4 Å². The Kier molecular flexibility index (Phi) is 6.44. The molecule has 1 fully saturated rings.